The van der Waals surface area contributed by atoms with Gasteiger partial charge < -0.3 is 10.7 Å². The van der Waals surface area contributed by atoms with Gasteiger partial charge in [-0.05, 0) is 24.5 Å². The standard InChI is InChI=1S/C11H16N4O3S/c12-15-9-1-2-10(13-6-9)11(16)14-5-8-3-4-19(17,18)7-8/h1-2,6,8,15H,3-5,7,12H2,(H,14,16). The number of hydrazine groups is 1. The largest absolute Gasteiger partial charge is 0.350 e. The van der Waals surface area contributed by atoms with Crippen LogP contribution in [0.1, 0.15) is 16.9 Å². The molecule has 0 saturated carbocycles. The Bertz CT molecular complexity index is 556. The van der Waals surface area contributed by atoms with Gasteiger partial charge in [0.25, 0.3) is 5.91 Å². The monoisotopic (exact) mass is 284 g/mol. The highest BCUT2D eigenvalue weighted by molar-refractivity contribution is 7.91. The van der Waals surface area contributed by atoms with Gasteiger partial charge in [0.05, 0.1) is 23.4 Å². The van der Waals surface area contributed by atoms with E-state index in [0.29, 0.717) is 18.7 Å². The van der Waals surface area contributed by atoms with Gasteiger partial charge in [-0.25, -0.2) is 13.4 Å². The molecule has 8 heteroatoms. The first-order valence-electron chi connectivity index (χ1n) is 5.91. The molecule has 1 aromatic heterocycles. The van der Waals surface area contributed by atoms with Crippen molar-refractivity contribution in [2.75, 3.05) is 23.5 Å². The molecule has 1 amide bonds. The summed E-state index contributed by atoms with van der Waals surface area (Å²) in [5.74, 6) is 5.24. The molecule has 1 atom stereocenters. The van der Waals surface area contributed by atoms with Crippen LogP contribution in [-0.2, 0) is 9.84 Å². The fourth-order valence-corrected chi connectivity index (χ4v) is 3.84. The number of nitrogen functional groups attached to an aromatic ring is 1. The van der Waals surface area contributed by atoms with Crippen LogP contribution in [0.2, 0.25) is 0 Å². The molecular formula is C11H16N4O3S. The van der Waals surface area contributed by atoms with E-state index < -0.39 is 9.84 Å². The number of carbonyl (C=O) groups excluding carboxylic acids is 1. The second-order valence-electron chi connectivity index (χ2n) is 4.56. The molecule has 1 unspecified atom stereocenters. The van der Waals surface area contributed by atoms with E-state index >= 15 is 0 Å². The highest BCUT2D eigenvalue weighted by atomic mass is 32.2. The van der Waals surface area contributed by atoms with Gasteiger partial charge >= 0.3 is 0 Å². The number of nitrogens with two attached hydrogens (primary N) is 1. The second kappa shape index (κ2) is 5.54. The van der Waals surface area contributed by atoms with E-state index in [9.17, 15) is 13.2 Å². The quantitative estimate of drug-likeness (QED) is 0.509. The molecule has 0 radical (unpaired) electrons. The zero-order valence-corrected chi connectivity index (χ0v) is 11.1. The summed E-state index contributed by atoms with van der Waals surface area (Å²) in [7, 11) is -2.91. The molecule has 0 spiro atoms. The zero-order chi connectivity index (χ0) is 13.9. The summed E-state index contributed by atoms with van der Waals surface area (Å²) in [5.41, 5.74) is 3.31. The number of nitrogens with one attached hydrogen (secondary N) is 2. The lowest BCUT2D eigenvalue weighted by Gasteiger charge is -2.09. The Kier molecular flexibility index (Phi) is 4.01. The fraction of sp³-hybridized carbons (Fsp3) is 0.455. The van der Waals surface area contributed by atoms with Gasteiger partial charge in [0.1, 0.15) is 5.69 Å². The number of anilines is 1. The highest BCUT2D eigenvalue weighted by Gasteiger charge is 2.28. The number of aromatic nitrogens is 1. The summed E-state index contributed by atoms with van der Waals surface area (Å²) in [6.07, 6.45) is 2.06. The highest BCUT2D eigenvalue weighted by Crippen LogP contribution is 2.17. The van der Waals surface area contributed by atoms with Crippen molar-refractivity contribution in [3.63, 3.8) is 0 Å². The molecule has 0 aromatic carbocycles. The number of sulfone groups is 1. The number of carbonyl (C=O) groups is 1. The van der Waals surface area contributed by atoms with Gasteiger partial charge in [0.2, 0.25) is 0 Å². The molecule has 4 N–H and O–H groups in total. The normalized spacial score (nSPS) is 21.0. The first-order chi connectivity index (χ1) is 9.00. The van der Waals surface area contributed by atoms with E-state index in [1.807, 2.05) is 0 Å². The van der Waals surface area contributed by atoms with Crippen molar-refractivity contribution < 1.29 is 13.2 Å². The Morgan fingerprint density at radius 2 is 2.26 bits per heavy atom. The van der Waals surface area contributed by atoms with Gasteiger partial charge in [-0.15, -0.1) is 0 Å². The van der Waals surface area contributed by atoms with Gasteiger partial charge in [-0.3, -0.25) is 10.6 Å². The number of amides is 1. The fourth-order valence-electron chi connectivity index (χ4n) is 1.97. The van der Waals surface area contributed by atoms with E-state index in [-0.39, 0.29) is 29.0 Å². The molecule has 19 heavy (non-hydrogen) atoms. The van der Waals surface area contributed by atoms with Gasteiger partial charge in [0.15, 0.2) is 9.84 Å². The predicted octanol–water partition coefficient (Wildman–Crippen LogP) is -0.468. The van der Waals surface area contributed by atoms with Crippen molar-refractivity contribution in [3.8, 4) is 0 Å². The topological polar surface area (TPSA) is 114 Å². The second-order valence-corrected chi connectivity index (χ2v) is 6.78. The first kappa shape index (κ1) is 13.8. The lowest BCUT2D eigenvalue weighted by Crippen LogP contribution is -2.30. The minimum Gasteiger partial charge on any atom is -0.350 e. The van der Waals surface area contributed by atoms with Gasteiger partial charge in [-0.2, -0.15) is 0 Å². The maximum Gasteiger partial charge on any atom is 0.269 e. The maximum atomic E-state index is 11.8. The molecular weight excluding hydrogens is 268 g/mol. The van der Waals surface area contributed by atoms with Crippen LogP contribution in [0.5, 0.6) is 0 Å². The lowest BCUT2D eigenvalue weighted by molar-refractivity contribution is 0.0943. The molecule has 1 aromatic rings. The number of nitrogens with zero attached hydrogens (tertiary/aromatic N) is 1. The molecule has 1 aliphatic heterocycles. The Labute approximate surface area is 111 Å². The summed E-state index contributed by atoms with van der Waals surface area (Å²) in [6, 6.07) is 3.19. The molecule has 2 rings (SSSR count). The Hall–Kier alpha value is -1.67. The number of rotatable bonds is 4. The van der Waals surface area contributed by atoms with Crippen LogP contribution < -0.4 is 16.6 Å². The summed E-state index contributed by atoms with van der Waals surface area (Å²) in [5, 5.41) is 2.70. The van der Waals surface area contributed by atoms with E-state index in [2.05, 4.69) is 15.7 Å². The number of pyridine rings is 1. The van der Waals surface area contributed by atoms with Crippen LogP contribution in [0.25, 0.3) is 0 Å². The van der Waals surface area contributed by atoms with E-state index in [0.717, 1.165) is 0 Å². The van der Waals surface area contributed by atoms with E-state index in [1.165, 1.54) is 6.20 Å². The van der Waals surface area contributed by atoms with Crippen molar-refractivity contribution in [2.45, 2.75) is 6.42 Å². The lowest BCUT2D eigenvalue weighted by atomic mass is 10.1. The average molecular weight is 284 g/mol. The molecule has 1 fully saturated rings. The van der Waals surface area contributed by atoms with Gasteiger partial charge in [0, 0.05) is 6.54 Å². The number of hydrogen-bond donors (Lipinski definition) is 3. The molecule has 1 aliphatic rings. The Morgan fingerprint density at radius 3 is 2.79 bits per heavy atom. The molecule has 0 aliphatic carbocycles. The number of hydrogen-bond acceptors (Lipinski definition) is 6. The minimum atomic E-state index is -2.91. The Morgan fingerprint density at radius 1 is 1.47 bits per heavy atom. The SMILES string of the molecule is NNc1ccc(C(=O)NCC2CCS(=O)(=O)C2)nc1. The average Bonchev–Trinajstić information content (AvgIpc) is 2.76. The summed E-state index contributed by atoms with van der Waals surface area (Å²) < 4.78 is 22.6. The molecule has 2 heterocycles. The van der Waals surface area contributed by atoms with Crippen LogP contribution in [0, 0.1) is 5.92 Å². The molecule has 0 bridgehead atoms. The molecule has 7 nitrogen and oxygen atoms in total. The third-order valence-corrected chi connectivity index (χ3v) is 4.88. The summed E-state index contributed by atoms with van der Waals surface area (Å²) in [6.45, 7) is 0.358. The van der Waals surface area contributed by atoms with Crippen molar-refractivity contribution in [1.82, 2.24) is 10.3 Å². The van der Waals surface area contributed by atoms with E-state index in [1.54, 1.807) is 12.1 Å². The smallest absolute Gasteiger partial charge is 0.269 e. The summed E-state index contributed by atoms with van der Waals surface area (Å²) in [4.78, 5) is 15.7. The zero-order valence-electron chi connectivity index (χ0n) is 10.3. The third-order valence-electron chi connectivity index (χ3n) is 3.04. The minimum absolute atomic E-state index is 0.000989. The molecule has 1 saturated heterocycles. The van der Waals surface area contributed by atoms with Crippen LogP contribution in [-0.4, -0.2) is 37.4 Å². The van der Waals surface area contributed by atoms with Crippen molar-refractivity contribution in [3.05, 3.63) is 24.0 Å². The Balaban J connectivity index is 1.87. The summed E-state index contributed by atoms with van der Waals surface area (Å²) >= 11 is 0. The van der Waals surface area contributed by atoms with Crippen molar-refractivity contribution >= 4 is 21.4 Å². The van der Waals surface area contributed by atoms with Crippen molar-refractivity contribution in [2.24, 2.45) is 11.8 Å². The van der Waals surface area contributed by atoms with Crippen LogP contribution in [0.4, 0.5) is 5.69 Å². The van der Waals surface area contributed by atoms with Crippen molar-refractivity contribution in [1.29, 1.82) is 0 Å². The van der Waals surface area contributed by atoms with Crippen LogP contribution in [0.15, 0.2) is 18.3 Å². The van der Waals surface area contributed by atoms with Crippen LogP contribution in [0.3, 0.4) is 0 Å². The van der Waals surface area contributed by atoms with Gasteiger partial charge in [-0.1, -0.05) is 0 Å². The van der Waals surface area contributed by atoms with E-state index in [4.69, 9.17) is 5.84 Å². The van der Waals surface area contributed by atoms with Crippen LogP contribution >= 0.6 is 0 Å². The maximum absolute atomic E-state index is 11.8. The predicted molar refractivity (Wildman–Crippen MR) is 71.1 cm³/mol. The molecule has 104 valence electrons. The third kappa shape index (κ3) is 3.65. The first-order valence-corrected chi connectivity index (χ1v) is 7.73.